The normalized spacial score (nSPS) is 10.7. The molecule has 2 aromatic carbocycles. The van der Waals surface area contributed by atoms with Gasteiger partial charge in [-0.1, -0.05) is 28.1 Å². The minimum atomic E-state index is 0.185. The van der Waals surface area contributed by atoms with Crippen molar-refractivity contribution in [3.05, 3.63) is 46.9 Å². The molecule has 1 aromatic heterocycles. The molecule has 0 saturated carbocycles. The number of nitrogens with two attached hydrogens (primary N) is 1. The van der Waals surface area contributed by atoms with E-state index in [0.717, 1.165) is 9.99 Å². The highest BCUT2D eigenvalue weighted by Crippen LogP contribution is 2.30. The molecule has 0 saturated heterocycles. The van der Waals surface area contributed by atoms with Gasteiger partial charge >= 0.3 is 6.08 Å². The van der Waals surface area contributed by atoms with Gasteiger partial charge in [-0.2, -0.15) is 4.98 Å². The van der Waals surface area contributed by atoms with Crippen LogP contribution in [0.15, 0.2) is 51.4 Å². The second kappa shape index (κ2) is 4.34. The number of anilines is 1. The van der Waals surface area contributed by atoms with Crippen molar-refractivity contribution in [2.75, 3.05) is 5.73 Å². The molecule has 1 heterocycles. The summed E-state index contributed by atoms with van der Waals surface area (Å²) in [5.74, 6) is 0.518. The third-order valence-electron chi connectivity index (χ3n) is 2.44. The van der Waals surface area contributed by atoms with Crippen LogP contribution in [-0.4, -0.2) is 4.98 Å². The number of fused-ring (bicyclic) bond motifs is 1. The minimum Gasteiger partial charge on any atom is -0.409 e. The van der Waals surface area contributed by atoms with Gasteiger partial charge in [-0.05, 0) is 30.3 Å². The molecule has 0 bridgehead atoms. The topological polar surface area (TPSA) is 61.3 Å². The van der Waals surface area contributed by atoms with Gasteiger partial charge in [0.05, 0.1) is 5.69 Å². The van der Waals surface area contributed by atoms with Crippen LogP contribution in [0.1, 0.15) is 0 Å². The molecule has 0 atom stereocenters. The van der Waals surface area contributed by atoms with Gasteiger partial charge in [-0.25, -0.2) is 0 Å². The summed E-state index contributed by atoms with van der Waals surface area (Å²) in [6, 6.07) is 12.8. The Morgan fingerprint density at radius 3 is 2.78 bits per heavy atom. The molecule has 0 spiro atoms. The minimum absolute atomic E-state index is 0.185. The van der Waals surface area contributed by atoms with E-state index in [2.05, 4.69) is 20.9 Å². The fraction of sp³-hybridized carbons (Fsp3) is 0. The number of ether oxygens (including phenoxy) is 1. The van der Waals surface area contributed by atoms with Gasteiger partial charge < -0.3 is 14.9 Å². The van der Waals surface area contributed by atoms with Crippen molar-refractivity contribution >= 4 is 32.7 Å². The van der Waals surface area contributed by atoms with Crippen molar-refractivity contribution in [1.29, 1.82) is 0 Å². The Labute approximate surface area is 112 Å². The fourth-order valence-corrected chi connectivity index (χ4v) is 1.98. The number of hydrogen-bond acceptors (Lipinski definition) is 4. The Hall–Kier alpha value is -2.01. The summed E-state index contributed by atoms with van der Waals surface area (Å²) in [4.78, 5) is 4.22. The lowest BCUT2D eigenvalue weighted by Crippen LogP contribution is -1.91. The molecule has 0 aliphatic heterocycles. The fourth-order valence-electron chi connectivity index (χ4n) is 1.60. The van der Waals surface area contributed by atoms with E-state index in [9.17, 15) is 0 Å². The van der Waals surface area contributed by atoms with Crippen molar-refractivity contribution < 1.29 is 9.15 Å². The molecule has 0 radical (unpaired) electrons. The average Bonchev–Trinajstić information content (AvgIpc) is 2.75. The van der Waals surface area contributed by atoms with Crippen molar-refractivity contribution in [3.63, 3.8) is 0 Å². The molecule has 0 unspecified atom stereocenters. The molecule has 5 heteroatoms. The smallest absolute Gasteiger partial charge is 0.400 e. The summed E-state index contributed by atoms with van der Waals surface area (Å²) in [5.41, 5.74) is 7.80. The van der Waals surface area contributed by atoms with E-state index in [1.165, 1.54) is 0 Å². The van der Waals surface area contributed by atoms with E-state index in [-0.39, 0.29) is 6.08 Å². The van der Waals surface area contributed by atoms with E-state index in [0.29, 0.717) is 17.0 Å². The summed E-state index contributed by atoms with van der Waals surface area (Å²) in [6.45, 7) is 0. The number of hydrogen-bond donors (Lipinski definition) is 1. The highest BCUT2D eigenvalue weighted by molar-refractivity contribution is 9.10. The Kier molecular flexibility index (Phi) is 2.68. The second-order valence-electron chi connectivity index (χ2n) is 3.73. The highest BCUT2D eigenvalue weighted by Gasteiger charge is 2.09. The molecule has 0 fully saturated rings. The van der Waals surface area contributed by atoms with Crippen LogP contribution in [-0.2, 0) is 0 Å². The molecule has 3 rings (SSSR count). The maximum absolute atomic E-state index is 5.84. The first kappa shape index (κ1) is 11.1. The zero-order chi connectivity index (χ0) is 12.5. The Bertz CT molecular complexity index is 676. The quantitative estimate of drug-likeness (QED) is 0.728. The number of oxazole rings is 1. The van der Waals surface area contributed by atoms with Crippen LogP contribution >= 0.6 is 15.9 Å². The Balaban J connectivity index is 1.96. The zero-order valence-corrected chi connectivity index (χ0v) is 10.8. The second-order valence-corrected chi connectivity index (χ2v) is 4.65. The lowest BCUT2D eigenvalue weighted by atomic mass is 10.3. The lowest BCUT2D eigenvalue weighted by molar-refractivity contribution is 0.344. The number of rotatable bonds is 2. The number of nitrogens with zero attached hydrogens (tertiary/aromatic N) is 1. The van der Waals surface area contributed by atoms with Crippen LogP contribution in [0.5, 0.6) is 11.8 Å². The van der Waals surface area contributed by atoms with Gasteiger partial charge in [0, 0.05) is 4.47 Å². The molecule has 0 aliphatic carbocycles. The van der Waals surface area contributed by atoms with Gasteiger partial charge in [0.25, 0.3) is 0 Å². The third kappa shape index (κ3) is 2.04. The summed E-state index contributed by atoms with van der Waals surface area (Å²) in [6.07, 6.45) is 0.185. The van der Waals surface area contributed by atoms with Crippen molar-refractivity contribution in [2.24, 2.45) is 0 Å². The first-order chi connectivity index (χ1) is 8.72. The first-order valence-electron chi connectivity index (χ1n) is 5.31. The monoisotopic (exact) mass is 304 g/mol. The predicted molar refractivity (Wildman–Crippen MR) is 72.6 cm³/mol. The van der Waals surface area contributed by atoms with E-state index < -0.39 is 0 Å². The number of aromatic nitrogens is 1. The Morgan fingerprint density at radius 1 is 1.17 bits per heavy atom. The van der Waals surface area contributed by atoms with E-state index >= 15 is 0 Å². The maximum Gasteiger partial charge on any atom is 0.400 e. The number of nitrogen functional groups attached to an aromatic ring is 1. The van der Waals surface area contributed by atoms with Crippen molar-refractivity contribution in [1.82, 2.24) is 4.98 Å². The first-order valence-corrected chi connectivity index (χ1v) is 6.10. The van der Waals surface area contributed by atoms with E-state index in [1.807, 2.05) is 30.3 Å². The molecule has 0 aliphatic rings. The van der Waals surface area contributed by atoms with Gasteiger partial charge in [0.1, 0.15) is 5.52 Å². The van der Waals surface area contributed by atoms with Gasteiger partial charge in [-0.3, -0.25) is 0 Å². The summed E-state index contributed by atoms with van der Waals surface area (Å²) in [7, 11) is 0. The molecule has 90 valence electrons. The Morgan fingerprint density at radius 2 is 2.00 bits per heavy atom. The van der Waals surface area contributed by atoms with Gasteiger partial charge in [-0.15, -0.1) is 0 Å². The van der Waals surface area contributed by atoms with Crippen LogP contribution in [0.4, 0.5) is 5.69 Å². The van der Waals surface area contributed by atoms with Crippen LogP contribution in [0, 0.1) is 0 Å². The summed E-state index contributed by atoms with van der Waals surface area (Å²) in [5, 5.41) is 0. The molecule has 0 amide bonds. The third-order valence-corrected chi connectivity index (χ3v) is 2.94. The van der Waals surface area contributed by atoms with Gasteiger partial charge in [0.2, 0.25) is 0 Å². The largest absolute Gasteiger partial charge is 0.409 e. The molecule has 4 nitrogen and oxygen atoms in total. The van der Waals surface area contributed by atoms with E-state index in [1.54, 1.807) is 12.1 Å². The summed E-state index contributed by atoms with van der Waals surface area (Å²) >= 11 is 3.34. The molecule has 2 N–H and O–H groups in total. The van der Waals surface area contributed by atoms with Crippen LogP contribution in [0.2, 0.25) is 0 Å². The number of para-hydroxylation sites is 2. The van der Waals surface area contributed by atoms with Crippen molar-refractivity contribution in [2.45, 2.75) is 0 Å². The van der Waals surface area contributed by atoms with E-state index in [4.69, 9.17) is 14.9 Å². The predicted octanol–water partition coefficient (Wildman–Crippen LogP) is 3.96. The molecule has 18 heavy (non-hydrogen) atoms. The number of benzene rings is 2. The van der Waals surface area contributed by atoms with Gasteiger partial charge in [0.15, 0.2) is 11.3 Å². The molecular formula is C13H9BrN2O2. The molecule has 3 aromatic rings. The SMILES string of the molecule is Nc1cc(Br)ccc1Oc1nc2ccccc2o1. The van der Waals surface area contributed by atoms with Crippen LogP contribution in [0.3, 0.4) is 0 Å². The highest BCUT2D eigenvalue weighted by atomic mass is 79.9. The standard InChI is InChI=1S/C13H9BrN2O2/c14-8-5-6-11(9(15)7-8)17-13-16-10-3-1-2-4-12(10)18-13/h1-7H,15H2. The summed E-state index contributed by atoms with van der Waals surface area (Å²) < 4.78 is 11.9. The lowest BCUT2D eigenvalue weighted by Gasteiger charge is -2.04. The van der Waals surface area contributed by atoms with Crippen molar-refractivity contribution in [3.8, 4) is 11.8 Å². The number of halogens is 1. The average molecular weight is 305 g/mol. The maximum atomic E-state index is 5.84. The van der Waals surface area contributed by atoms with Crippen LogP contribution < -0.4 is 10.5 Å². The molecular weight excluding hydrogens is 296 g/mol. The zero-order valence-electron chi connectivity index (χ0n) is 9.26. The van der Waals surface area contributed by atoms with Crippen LogP contribution in [0.25, 0.3) is 11.1 Å².